The Hall–Kier alpha value is -2.85. The summed E-state index contributed by atoms with van der Waals surface area (Å²) < 4.78 is 22.5. The maximum atomic E-state index is 13.1. The van der Waals surface area contributed by atoms with Gasteiger partial charge in [0.2, 0.25) is 0 Å². The first-order chi connectivity index (χ1) is 17.9. The average Bonchev–Trinajstić information content (AvgIpc) is 3.55. The fraction of sp³-hybridized carbons (Fsp3) is 0.500. The van der Waals surface area contributed by atoms with E-state index in [1.54, 1.807) is 25.3 Å². The van der Waals surface area contributed by atoms with E-state index in [0.717, 1.165) is 11.1 Å². The van der Waals surface area contributed by atoms with E-state index >= 15 is 0 Å². The van der Waals surface area contributed by atoms with Crippen LogP contribution in [-0.2, 0) is 25.4 Å². The number of nitrogens with one attached hydrogen (secondary N) is 1. The van der Waals surface area contributed by atoms with Crippen LogP contribution in [0, 0.1) is 5.92 Å². The predicted molar refractivity (Wildman–Crippen MR) is 143 cm³/mol. The highest BCUT2D eigenvalue weighted by atomic mass is 35.5. The molecule has 0 radical (unpaired) electrons. The van der Waals surface area contributed by atoms with Gasteiger partial charge in [0.15, 0.2) is 5.72 Å². The molecule has 4 rings (SSSR count). The molecule has 0 saturated carbocycles. The summed E-state index contributed by atoms with van der Waals surface area (Å²) in [5, 5.41) is 14.3. The van der Waals surface area contributed by atoms with Gasteiger partial charge in [-0.05, 0) is 44.0 Å². The molecule has 0 aromatic heterocycles. The third-order valence-corrected chi connectivity index (χ3v) is 7.84. The number of methoxy groups -OCH3 is 2. The summed E-state index contributed by atoms with van der Waals surface area (Å²) in [6.45, 7) is 5.72. The van der Waals surface area contributed by atoms with Crippen molar-refractivity contribution in [1.29, 1.82) is 0 Å². The summed E-state index contributed by atoms with van der Waals surface area (Å²) in [7, 11) is 4.66. The number of amides is 2. The number of halogens is 1. The smallest absolute Gasteiger partial charge is 0.409 e. The largest absolute Gasteiger partial charge is 0.495 e. The highest BCUT2D eigenvalue weighted by Crippen LogP contribution is 2.46. The molecule has 1 aromatic carbocycles. The number of anilines is 1. The molecule has 6 unspecified atom stereocenters. The number of alkyl carbamates (subject to hydrolysis) is 1. The Labute approximate surface area is 228 Å². The zero-order valence-corrected chi connectivity index (χ0v) is 23.2. The highest BCUT2D eigenvalue weighted by molar-refractivity contribution is 6.35. The van der Waals surface area contributed by atoms with Crippen molar-refractivity contribution < 1.29 is 33.6 Å². The van der Waals surface area contributed by atoms with Gasteiger partial charge >= 0.3 is 6.09 Å². The lowest BCUT2D eigenvalue weighted by molar-refractivity contribution is -0.142. The Morgan fingerprint density at radius 1 is 1.26 bits per heavy atom. The molecule has 6 atom stereocenters. The predicted octanol–water partition coefficient (Wildman–Crippen LogP) is 3.92. The first-order valence-corrected chi connectivity index (χ1v) is 12.9. The number of hydrogen-bond donors (Lipinski definition) is 2. The number of aliphatic hydroxyl groups is 1. The summed E-state index contributed by atoms with van der Waals surface area (Å²) in [5.41, 5.74) is 0.00882. The first-order valence-electron chi connectivity index (χ1n) is 12.5. The molecule has 2 saturated heterocycles. The van der Waals surface area contributed by atoms with Crippen LogP contribution in [0.2, 0.25) is 5.02 Å². The number of epoxide rings is 1. The van der Waals surface area contributed by atoms with Gasteiger partial charge in [0.25, 0.3) is 5.91 Å². The van der Waals surface area contributed by atoms with Gasteiger partial charge in [-0.1, -0.05) is 42.3 Å². The zero-order valence-electron chi connectivity index (χ0n) is 22.5. The van der Waals surface area contributed by atoms with Crippen LogP contribution in [0.15, 0.2) is 48.1 Å². The quantitative estimate of drug-likeness (QED) is 0.541. The lowest BCUT2D eigenvalue weighted by Crippen LogP contribution is -2.63. The van der Waals surface area contributed by atoms with E-state index in [1.807, 2.05) is 39.0 Å². The molecule has 206 valence electrons. The van der Waals surface area contributed by atoms with Gasteiger partial charge in [-0.15, -0.1) is 0 Å². The average molecular weight is 547 g/mol. The third kappa shape index (κ3) is 5.61. The SMILES string of the molecule is COc1cc2cc(c1Cl)N(C)C(=O)C=CC1(C)OC1C(C)C1CC(O)(NC(=O)O1)C(OC)C=CC=C(C)C2. The minimum Gasteiger partial charge on any atom is -0.495 e. The van der Waals surface area contributed by atoms with Crippen LogP contribution in [0.1, 0.15) is 32.8 Å². The third-order valence-electron chi connectivity index (χ3n) is 7.46. The Balaban J connectivity index is 1.75. The van der Waals surface area contributed by atoms with Crippen LogP contribution in [0.4, 0.5) is 10.5 Å². The standard InChI is InChI=1S/C28H35ClN2O7/c1-16-8-7-9-22(36-6)28(34)15-21(37-26(33)30-28)17(2)25-27(3,38-25)11-10-23(32)31(4)19-13-18(12-16)14-20(35-5)24(19)29/h7-11,13-14,17,21-22,25,34H,12,15H2,1-6H3,(H,30,33). The molecule has 3 heterocycles. The van der Waals surface area contributed by atoms with E-state index in [-0.39, 0.29) is 24.3 Å². The van der Waals surface area contributed by atoms with Gasteiger partial charge in [-0.2, -0.15) is 0 Å². The van der Waals surface area contributed by atoms with E-state index in [0.29, 0.717) is 22.9 Å². The van der Waals surface area contributed by atoms with Crippen LogP contribution in [0.5, 0.6) is 5.75 Å². The van der Waals surface area contributed by atoms with Gasteiger partial charge in [-0.3, -0.25) is 10.1 Å². The Kier molecular flexibility index (Phi) is 7.95. The van der Waals surface area contributed by atoms with Crippen LogP contribution >= 0.6 is 11.6 Å². The second kappa shape index (κ2) is 10.7. The molecule has 10 heteroatoms. The van der Waals surface area contributed by atoms with Gasteiger partial charge < -0.3 is 29.0 Å². The Morgan fingerprint density at radius 2 is 2.00 bits per heavy atom. The minimum atomic E-state index is -1.68. The summed E-state index contributed by atoms with van der Waals surface area (Å²) in [6.07, 6.45) is 6.68. The van der Waals surface area contributed by atoms with Crippen molar-refractivity contribution in [3.8, 4) is 5.75 Å². The Bertz CT molecular complexity index is 1200. The number of nitrogens with zero attached hydrogens (tertiary/aromatic N) is 1. The number of likely N-dealkylation sites (N-methyl/N-ethyl adjacent to an activating group) is 1. The van der Waals surface area contributed by atoms with Crippen LogP contribution in [0.3, 0.4) is 0 Å². The van der Waals surface area contributed by atoms with Crippen molar-refractivity contribution >= 4 is 29.3 Å². The molecular formula is C28H35ClN2O7. The van der Waals surface area contributed by atoms with Gasteiger partial charge in [0.05, 0.1) is 18.9 Å². The van der Waals surface area contributed by atoms with Gasteiger partial charge in [0, 0.05) is 32.6 Å². The second-order valence-corrected chi connectivity index (χ2v) is 10.7. The normalized spacial score (nSPS) is 33.7. The Morgan fingerprint density at radius 3 is 2.68 bits per heavy atom. The number of carbonyl (C=O) groups excluding carboxylic acids is 2. The molecule has 2 fully saturated rings. The molecule has 38 heavy (non-hydrogen) atoms. The van der Waals surface area contributed by atoms with Crippen molar-refractivity contribution in [3.63, 3.8) is 0 Å². The molecular weight excluding hydrogens is 512 g/mol. The number of rotatable bonds is 2. The lowest BCUT2D eigenvalue weighted by atomic mass is 9.85. The molecule has 3 aliphatic heterocycles. The monoisotopic (exact) mass is 546 g/mol. The van der Waals surface area contributed by atoms with Crippen LogP contribution < -0.4 is 15.0 Å². The van der Waals surface area contributed by atoms with Gasteiger partial charge in [-0.25, -0.2) is 4.79 Å². The van der Waals surface area contributed by atoms with Crippen molar-refractivity contribution in [2.24, 2.45) is 5.92 Å². The number of carbonyl (C=O) groups is 2. The van der Waals surface area contributed by atoms with Crippen LogP contribution in [-0.4, -0.2) is 68.0 Å². The number of benzene rings is 1. The van der Waals surface area contributed by atoms with Crippen molar-refractivity contribution in [2.75, 3.05) is 26.2 Å². The maximum Gasteiger partial charge on any atom is 0.409 e. The van der Waals surface area contributed by atoms with Crippen molar-refractivity contribution in [2.45, 2.75) is 63.3 Å². The number of allylic oxidation sites excluding steroid dienone is 3. The number of fused-ring (bicyclic) bond motifs is 5. The lowest BCUT2D eigenvalue weighted by Gasteiger charge is -2.42. The van der Waals surface area contributed by atoms with E-state index in [1.165, 1.54) is 25.2 Å². The summed E-state index contributed by atoms with van der Waals surface area (Å²) in [5.74, 6) is -0.0859. The summed E-state index contributed by atoms with van der Waals surface area (Å²) in [6, 6.07) is 3.70. The summed E-state index contributed by atoms with van der Waals surface area (Å²) in [4.78, 5) is 27.0. The van der Waals surface area contributed by atoms with Crippen molar-refractivity contribution in [1.82, 2.24) is 5.32 Å². The van der Waals surface area contributed by atoms with Gasteiger partial charge in [0.1, 0.15) is 28.6 Å². The molecule has 2 amide bonds. The molecule has 2 N–H and O–H groups in total. The molecule has 1 aromatic rings. The molecule has 3 aliphatic rings. The van der Waals surface area contributed by atoms with Crippen LogP contribution in [0.25, 0.3) is 0 Å². The molecule has 4 bridgehead atoms. The second-order valence-electron chi connectivity index (χ2n) is 10.4. The number of ether oxygens (including phenoxy) is 4. The molecule has 9 nitrogen and oxygen atoms in total. The fourth-order valence-corrected chi connectivity index (χ4v) is 5.47. The summed E-state index contributed by atoms with van der Waals surface area (Å²) >= 11 is 6.58. The zero-order chi connectivity index (χ0) is 27.8. The van der Waals surface area contributed by atoms with E-state index in [9.17, 15) is 14.7 Å². The highest BCUT2D eigenvalue weighted by Gasteiger charge is 2.58. The molecule has 0 spiro atoms. The fourth-order valence-electron chi connectivity index (χ4n) is 5.16. The molecule has 0 aliphatic carbocycles. The van der Waals surface area contributed by atoms with E-state index in [2.05, 4.69) is 5.32 Å². The first kappa shape index (κ1) is 28.2. The van der Waals surface area contributed by atoms with E-state index in [4.69, 9.17) is 30.5 Å². The van der Waals surface area contributed by atoms with E-state index < -0.39 is 29.6 Å². The number of hydrogen-bond acceptors (Lipinski definition) is 7. The van der Waals surface area contributed by atoms with Crippen molar-refractivity contribution in [3.05, 3.63) is 58.7 Å². The minimum absolute atomic E-state index is 0.0941. The topological polar surface area (TPSA) is 110 Å². The maximum absolute atomic E-state index is 13.1.